The molecule has 0 aromatic heterocycles. The van der Waals surface area contributed by atoms with Gasteiger partial charge in [0.15, 0.2) is 0 Å². The van der Waals surface area contributed by atoms with Gasteiger partial charge in [-0.05, 0) is 77.5 Å². The minimum absolute atomic E-state index is 0.0636. The Kier molecular flexibility index (Phi) is 5.51. The second-order valence-corrected chi connectivity index (χ2v) is 6.52. The maximum absolute atomic E-state index is 13.8. The normalized spacial score (nSPS) is 12.4. The van der Waals surface area contributed by atoms with E-state index in [9.17, 15) is 8.78 Å². The molecule has 20 heavy (non-hydrogen) atoms. The van der Waals surface area contributed by atoms with Gasteiger partial charge in [-0.15, -0.1) is 0 Å². The van der Waals surface area contributed by atoms with Gasteiger partial charge >= 0.3 is 0 Å². The van der Waals surface area contributed by atoms with E-state index >= 15 is 0 Å². The van der Waals surface area contributed by atoms with Crippen LogP contribution in [0.3, 0.4) is 0 Å². The molecule has 0 heterocycles. The van der Waals surface area contributed by atoms with Gasteiger partial charge in [0.25, 0.3) is 0 Å². The molecule has 1 nitrogen and oxygen atoms in total. The lowest BCUT2D eigenvalue weighted by Crippen LogP contribution is -2.20. The second kappa shape index (κ2) is 6.95. The number of nitrogens with one attached hydrogen (secondary N) is 1. The predicted octanol–water partition coefficient (Wildman–Crippen LogP) is 4.84. The van der Waals surface area contributed by atoms with Gasteiger partial charge < -0.3 is 5.32 Å². The number of rotatable bonds is 4. The molecule has 2 aromatic carbocycles. The number of hydrogen-bond acceptors (Lipinski definition) is 1. The number of halogens is 4. The topological polar surface area (TPSA) is 12.0 Å². The van der Waals surface area contributed by atoms with Crippen LogP contribution in [0.15, 0.2) is 40.9 Å². The lowest BCUT2D eigenvalue weighted by Gasteiger charge is -2.19. The SMILES string of the molecule is CNC(Cc1cc(Br)ccc1F)c1ccc(F)cc1I. The zero-order valence-corrected chi connectivity index (χ0v) is 14.5. The third-order valence-corrected chi connectivity index (χ3v) is 4.55. The third kappa shape index (κ3) is 3.77. The Morgan fingerprint density at radius 1 is 1.20 bits per heavy atom. The first-order chi connectivity index (χ1) is 9.51. The second-order valence-electron chi connectivity index (χ2n) is 4.45. The molecule has 0 bridgehead atoms. The minimum atomic E-state index is -0.262. The molecule has 0 radical (unpaired) electrons. The first-order valence-electron chi connectivity index (χ1n) is 6.07. The fourth-order valence-corrected chi connectivity index (χ4v) is 3.33. The van der Waals surface area contributed by atoms with Gasteiger partial charge in [-0.3, -0.25) is 0 Å². The van der Waals surface area contributed by atoms with E-state index in [1.165, 1.54) is 18.2 Å². The molecule has 0 amide bonds. The van der Waals surface area contributed by atoms with Gasteiger partial charge in [0.2, 0.25) is 0 Å². The largest absolute Gasteiger partial charge is 0.313 e. The van der Waals surface area contributed by atoms with E-state index < -0.39 is 0 Å². The van der Waals surface area contributed by atoms with Gasteiger partial charge in [0, 0.05) is 14.1 Å². The number of likely N-dealkylation sites (N-methyl/N-ethyl adjacent to an activating group) is 1. The van der Waals surface area contributed by atoms with Crippen molar-refractivity contribution in [2.24, 2.45) is 0 Å². The highest BCUT2D eigenvalue weighted by molar-refractivity contribution is 14.1. The summed E-state index contributed by atoms with van der Waals surface area (Å²) in [6.07, 6.45) is 0.503. The van der Waals surface area contributed by atoms with Gasteiger partial charge in [-0.25, -0.2) is 8.78 Å². The first kappa shape index (κ1) is 15.9. The van der Waals surface area contributed by atoms with Crippen LogP contribution in [0.1, 0.15) is 17.2 Å². The molecule has 5 heteroatoms. The Balaban J connectivity index is 2.31. The summed E-state index contributed by atoms with van der Waals surface area (Å²) in [5, 5.41) is 3.16. The van der Waals surface area contributed by atoms with Gasteiger partial charge in [-0.2, -0.15) is 0 Å². The van der Waals surface area contributed by atoms with Crippen LogP contribution in [0.2, 0.25) is 0 Å². The average Bonchev–Trinajstić information content (AvgIpc) is 2.40. The standard InChI is InChI=1S/C15H13BrF2IN/c1-20-15(12-4-3-11(17)8-14(12)19)7-9-6-10(16)2-5-13(9)18/h2-6,8,15,20H,7H2,1H3. The van der Waals surface area contributed by atoms with Gasteiger partial charge in [-0.1, -0.05) is 22.0 Å². The van der Waals surface area contributed by atoms with Crippen LogP contribution in [-0.2, 0) is 6.42 Å². The maximum Gasteiger partial charge on any atom is 0.126 e. The van der Waals surface area contributed by atoms with Crippen LogP contribution in [0.25, 0.3) is 0 Å². The van der Waals surface area contributed by atoms with E-state index in [0.29, 0.717) is 12.0 Å². The highest BCUT2D eigenvalue weighted by Gasteiger charge is 2.16. The van der Waals surface area contributed by atoms with Gasteiger partial charge in [0.1, 0.15) is 11.6 Å². The highest BCUT2D eigenvalue weighted by Crippen LogP contribution is 2.26. The number of hydrogen-bond donors (Lipinski definition) is 1. The minimum Gasteiger partial charge on any atom is -0.313 e. The Morgan fingerprint density at radius 2 is 1.95 bits per heavy atom. The molecule has 106 valence electrons. The summed E-state index contributed by atoms with van der Waals surface area (Å²) in [5.41, 5.74) is 1.59. The Morgan fingerprint density at radius 3 is 2.60 bits per heavy atom. The van der Waals surface area contributed by atoms with E-state index in [1.807, 2.05) is 7.05 Å². The number of benzene rings is 2. The highest BCUT2D eigenvalue weighted by atomic mass is 127. The molecule has 0 saturated heterocycles. The van der Waals surface area contributed by atoms with Crippen molar-refractivity contribution in [2.75, 3.05) is 7.05 Å². The molecule has 0 fully saturated rings. The van der Waals surface area contributed by atoms with Crippen LogP contribution < -0.4 is 5.32 Å². The summed E-state index contributed by atoms with van der Waals surface area (Å²) in [6.45, 7) is 0. The van der Waals surface area contributed by atoms with Gasteiger partial charge in [0.05, 0.1) is 0 Å². The van der Waals surface area contributed by atoms with Crippen molar-refractivity contribution in [3.05, 3.63) is 67.2 Å². The Labute approximate surface area is 139 Å². The van der Waals surface area contributed by atoms with Crippen molar-refractivity contribution in [3.63, 3.8) is 0 Å². The van der Waals surface area contributed by atoms with Crippen molar-refractivity contribution in [3.8, 4) is 0 Å². The smallest absolute Gasteiger partial charge is 0.126 e. The van der Waals surface area contributed by atoms with E-state index in [4.69, 9.17) is 0 Å². The molecule has 2 aromatic rings. The molecule has 1 unspecified atom stereocenters. The molecule has 1 atom stereocenters. The lowest BCUT2D eigenvalue weighted by molar-refractivity contribution is 0.550. The van der Waals surface area contributed by atoms with E-state index in [1.54, 1.807) is 18.2 Å². The summed E-state index contributed by atoms with van der Waals surface area (Å²) in [5.74, 6) is -0.493. The summed E-state index contributed by atoms with van der Waals surface area (Å²) in [6, 6.07) is 9.49. The third-order valence-electron chi connectivity index (χ3n) is 3.12. The van der Waals surface area contributed by atoms with Crippen molar-refractivity contribution in [2.45, 2.75) is 12.5 Å². The molecule has 0 saturated carbocycles. The summed E-state index contributed by atoms with van der Waals surface area (Å²) in [7, 11) is 1.82. The molecule has 0 aliphatic carbocycles. The summed E-state index contributed by atoms with van der Waals surface area (Å²) < 4.78 is 28.7. The fraction of sp³-hybridized carbons (Fsp3) is 0.200. The van der Waals surface area contributed by atoms with Crippen LogP contribution in [0.4, 0.5) is 8.78 Å². The summed E-state index contributed by atoms with van der Waals surface area (Å²) in [4.78, 5) is 0. The van der Waals surface area contributed by atoms with Crippen LogP contribution in [0.5, 0.6) is 0 Å². The van der Waals surface area contributed by atoms with E-state index in [0.717, 1.165) is 13.6 Å². The average molecular weight is 452 g/mol. The Hall–Kier alpha value is -0.530. The molecule has 0 aliphatic heterocycles. The van der Waals surface area contributed by atoms with Crippen molar-refractivity contribution in [1.29, 1.82) is 0 Å². The molecule has 2 rings (SSSR count). The monoisotopic (exact) mass is 451 g/mol. The van der Waals surface area contributed by atoms with E-state index in [2.05, 4.69) is 43.8 Å². The first-order valence-corrected chi connectivity index (χ1v) is 7.94. The molecule has 0 spiro atoms. The maximum atomic E-state index is 13.8. The van der Waals surface area contributed by atoms with Crippen LogP contribution in [-0.4, -0.2) is 7.05 Å². The fourth-order valence-electron chi connectivity index (χ4n) is 2.07. The van der Waals surface area contributed by atoms with E-state index in [-0.39, 0.29) is 17.7 Å². The summed E-state index contributed by atoms with van der Waals surface area (Å²) >= 11 is 5.45. The lowest BCUT2D eigenvalue weighted by atomic mass is 9.98. The van der Waals surface area contributed by atoms with Crippen molar-refractivity contribution in [1.82, 2.24) is 5.32 Å². The quantitative estimate of drug-likeness (QED) is 0.656. The molecular weight excluding hydrogens is 439 g/mol. The van der Waals surface area contributed by atoms with Crippen molar-refractivity contribution >= 4 is 38.5 Å². The Bertz CT molecular complexity index is 619. The van der Waals surface area contributed by atoms with Crippen LogP contribution >= 0.6 is 38.5 Å². The molecule has 0 aliphatic rings. The predicted molar refractivity (Wildman–Crippen MR) is 88.7 cm³/mol. The molecular formula is C15H13BrF2IN. The zero-order valence-electron chi connectivity index (χ0n) is 10.8. The van der Waals surface area contributed by atoms with Crippen LogP contribution in [0, 0.1) is 15.2 Å². The van der Waals surface area contributed by atoms with Crippen molar-refractivity contribution < 1.29 is 8.78 Å². The zero-order chi connectivity index (χ0) is 14.7. The molecule has 1 N–H and O–H groups in total.